The molecule has 0 bridgehead atoms. The largest absolute Gasteiger partial charge is 0.389 e. The molecule has 0 saturated heterocycles. The first kappa shape index (κ1) is 9.75. The van der Waals surface area contributed by atoms with Crippen molar-refractivity contribution in [1.82, 2.24) is 0 Å². The average Bonchev–Trinajstić information content (AvgIpc) is 2.14. The Hall–Kier alpha value is -1.34. The van der Waals surface area contributed by atoms with Crippen LogP contribution in [0.3, 0.4) is 0 Å². The molecule has 0 fully saturated rings. The van der Waals surface area contributed by atoms with Crippen LogP contribution in [-0.2, 0) is 0 Å². The molecule has 0 spiro atoms. The molecular formula is C12H14O. The number of benzene rings is 1. The minimum Gasteiger partial charge on any atom is -0.389 e. The number of hydrogen-bond donors (Lipinski definition) is 1. The number of hydrogen-bond acceptors (Lipinski definition) is 1. The third-order valence-corrected chi connectivity index (χ3v) is 1.59. The summed E-state index contributed by atoms with van der Waals surface area (Å²) in [6.45, 7) is 1.73. The first-order valence-electron chi connectivity index (χ1n) is 4.37. The zero-order valence-corrected chi connectivity index (χ0v) is 7.72. The van der Waals surface area contributed by atoms with E-state index < -0.39 is 0 Å². The zero-order chi connectivity index (χ0) is 9.52. The second-order valence-corrected chi connectivity index (χ2v) is 2.90. The average molecular weight is 174 g/mol. The fourth-order valence-corrected chi connectivity index (χ4v) is 0.956. The van der Waals surface area contributed by atoms with Gasteiger partial charge in [0.05, 0.1) is 6.10 Å². The van der Waals surface area contributed by atoms with Gasteiger partial charge < -0.3 is 5.11 Å². The molecule has 1 nitrogen and oxygen atoms in total. The van der Waals surface area contributed by atoms with E-state index in [9.17, 15) is 0 Å². The van der Waals surface area contributed by atoms with Crippen LogP contribution in [0, 0.1) is 0 Å². The summed E-state index contributed by atoms with van der Waals surface area (Å²) in [7, 11) is 0. The lowest BCUT2D eigenvalue weighted by molar-refractivity contribution is 0.244. The van der Waals surface area contributed by atoms with E-state index in [4.69, 9.17) is 5.11 Å². The van der Waals surface area contributed by atoms with Crippen LogP contribution in [0.4, 0.5) is 0 Å². The van der Waals surface area contributed by atoms with Crippen LogP contribution in [0.5, 0.6) is 0 Å². The van der Waals surface area contributed by atoms with Crippen LogP contribution in [-0.4, -0.2) is 11.2 Å². The molecule has 1 rings (SSSR count). The van der Waals surface area contributed by atoms with Gasteiger partial charge in [0.1, 0.15) is 0 Å². The molecule has 13 heavy (non-hydrogen) atoms. The Bertz CT molecular complexity index is 283. The van der Waals surface area contributed by atoms with Crippen molar-refractivity contribution in [3.05, 3.63) is 54.1 Å². The predicted octanol–water partition coefficient (Wildman–Crippen LogP) is 2.64. The van der Waals surface area contributed by atoms with Gasteiger partial charge in [-0.15, -0.1) is 0 Å². The summed E-state index contributed by atoms with van der Waals surface area (Å²) in [5, 5.41) is 8.93. The highest BCUT2D eigenvalue weighted by atomic mass is 16.3. The van der Waals surface area contributed by atoms with E-state index in [0.29, 0.717) is 0 Å². The van der Waals surface area contributed by atoms with Gasteiger partial charge in [-0.05, 0) is 12.5 Å². The number of aliphatic hydroxyl groups excluding tert-OH is 1. The predicted molar refractivity (Wildman–Crippen MR) is 56.3 cm³/mol. The monoisotopic (exact) mass is 174 g/mol. The second-order valence-electron chi connectivity index (χ2n) is 2.90. The van der Waals surface area contributed by atoms with E-state index >= 15 is 0 Å². The zero-order valence-electron chi connectivity index (χ0n) is 7.72. The molecule has 0 aliphatic rings. The van der Waals surface area contributed by atoms with Crippen LogP contribution in [0.15, 0.2) is 48.6 Å². The van der Waals surface area contributed by atoms with Crippen molar-refractivity contribution >= 4 is 6.08 Å². The van der Waals surface area contributed by atoms with Gasteiger partial charge in [0, 0.05) is 0 Å². The van der Waals surface area contributed by atoms with Gasteiger partial charge in [0.2, 0.25) is 0 Å². The highest BCUT2D eigenvalue weighted by Crippen LogP contribution is 2.00. The molecule has 0 aromatic heterocycles. The van der Waals surface area contributed by atoms with Crippen LogP contribution >= 0.6 is 0 Å². The Kier molecular flexibility index (Phi) is 4.00. The lowest BCUT2D eigenvalue weighted by Crippen LogP contribution is -1.90. The summed E-state index contributed by atoms with van der Waals surface area (Å²) in [5.74, 6) is 0. The van der Waals surface area contributed by atoms with Gasteiger partial charge in [0.15, 0.2) is 0 Å². The Balaban J connectivity index is 2.50. The molecule has 0 heterocycles. The van der Waals surface area contributed by atoms with E-state index in [1.165, 1.54) is 0 Å². The second kappa shape index (κ2) is 5.33. The van der Waals surface area contributed by atoms with Crippen molar-refractivity contribution in [1.29, 1.82) is 0 Å². The molecule has 68 valence electrons. The summed E-state index contributed by atoms with van der Waals surface area (Å²) in [5.41, 5.74) is 1.16. The van der Waals surface area contributed by atoms with Gasteiger partial charge in [-0.25, -0.2) is 0 Å². The highest BCUT2D eigenvalue weighted by molar-refractivity contribution is 5.50. The summed E-state index contributed by atoms with van der Waals surface area (Å²) in [6.07, 6.45) is 7.12. The first-order chi connectivity index (χ1) is 6.29. The van der Waals surface area contributed by atoms with Crippen molar-refractivity contribution in [2.45, 2.75) is 13.0 Å². The molecule has 0 saturated carbocycles. The molecule has 1 atom stereocenters. The lowest BCUT2D eigenvalue weighted by atomic mass is 10.2. The van der Waals surface area contributed by atoms with Crippen LogP contribution in [0.2, 0.25) is 0 Å². The first-order valence-corrected chi connectivity index (χ1v) is 4.37. The fraction of sp³-hybridized carbons (Fsp3) is 0.167. The number of rotatable bonds is 3. The van der Waals surface area contributed by atoms with Crippen molar-refractivity contribution in [3.8, 4) is 0 Å². The maximum atomic E-state index is 8.93. The SMILES string of the molecule is CC(O)C=CC=Cc1ccccc1. The molecule has 1 heteroatoms. The molecule has 1 N–H and O–H groups in total. The fourth-order valence-electron chi connectivity index (χ4n) is 0.956. The van der Waals surface area contributed by atoms with Gasteiger partial charge in [-0.2, -0.15) is 0 Å². The molecule has 0 aliphatic carbocycles. The van der Waals surface area contributed by atoms with Crippen molar-refractivity contribution in [2.24, 2.45) is 0 Å². The highest BCUT2D eigenvalue weighted by Gasteiger charge is 1.82. The molecule has 0 aliphatic heterocycles. The summed E-state index contributed by atoms with van der Waals surface area (Å²) >= 11 is 0. The minimum absolute atomic E-state index is 0.375. The third-order valence-electron chi connectivity index (χ3n) is 1.59. The Morgan fingerprint density at radius 2 is 1.85 bits per heavy atom. The Morgan fingerprint density at radius 3 is 2.46 bits per heavy atom. The van der Waals surface area contributed by atoms with Crippen LogP contribution in [0.25, 0.3) is 6.08 Å². The van der Waals surface area contributed by atoms with E-state index in [1.807, 2.05) is 48.6 Å². The standard InChI is InChI=1S/C12H14O/c1-11(13)7-5-6-10-12-8-3-2-4-9-12/h2-11,13H,1H3. The van der Waals surface area contributed by atoms with Crippen LogP contribution < -0.4 is 0 Å². The lowest BCUT2D eigenvalue weighted by Gasteiger charge is -1.90. The molecule has 1 aromatic carbocycles. The molecular weight excluding hydrogens is 160 g/mol. The van der Waals surface area contributed by atoms with Gasteiger partial charge in [-0.1, -0.05) is 54.6 Å². The van der Waals surface area contributed by atoms with Crippen molar-refractivity contribution < 1.29 is 5.11 Å². The number of allylic oxidation sites excluding steroid dienone is 2. The van der Waals surface area contributed by atoms with Gasteiger partial charge >= 0.3 is 0 Å². The quantitative estimate of drug-likeness (QED) is 0.698. The normalized spacial score (nSPS) is 14.0. The van der Waals surface area contributed by atoms with Crippen LogP contribution in [0.1, 0.15) is 12.5 Å². The van der Waals surface area contributed by atoms with Crippen molar-refractivity contribution in [3.63, 3.8) is 0 Å². The van der Waals surface area contributed by atoms with E-state index in [0.717, 1.165) is 5.56 Å². The summed E-state index contributed by atoms with van der Waals surface area (Å²) in [6, 6.07) is 10.1. The van der Waals surface area contributed by atoms with E-state index in [1.54, 1.807) is 13.0 Å². The van der Waals surface area contributed by atoms with E-state index in [-0.39, 0.29) is 6.10 Å². The van der Waals surface area contributed by atoms with Crippen molar-refractivity contribution in [2.75, 3.05) is 0 Å². The summed E-state index contributed by atoms with van der Waals surface area (Å²) in [4.78, 5) is 0. The smallest absolute Gasteiger partial charge is 0.0695 e. The molecule has 0 radical (unpaired) electrons. The molecule has 1 aromatic rings. The third kappa shape index (κ3) is 4.28. The topological polar surface area (TPSA) is 20.2 Å². The molecule has 1 unspecified atom stereocenters. The maximum Gasteiger partial charge on any atom is 0.0695 e. The Morgan fingerprint density at radius 1 is 1.15 bits per heavy atom. The Labute approximate surface area is 79.0 Å². The molecule has 0 amide bonds. The van der Waals surface area contributed by atoms with Gasteiger partial charge in [0.25, 0.3) is 0 Å². The minimum atomic E-state index is -0.375. The van der Waals surface area contributed by atoms with Gasteiger partial charge in [-0.3, -0.25) is 0 Å². The maximum absolute atomic E-state index is 8.93. The number of aliphatic hydroxyl groups is 1. The summed E-state index contributed by atoms with van der Waals surface area (Å²) < 4.78 is 0. The van der Waals surface area contributed by atoms with E-state index in [2.05, 4.69) is 0 Å².